The van der Waals surface area contributed by atoms with E-state index < -0.39 is 5.97 Å². The molecule has 1 aromatic rings. The highest BCUT2D eigenvalue weighted by atomic mass is 16.5. The number of rotatable bonds is 7. The van der Waals surface area contributed by atoms with Crippen molar-refractivity contribution in [3.05, 3.63) is 29.8 Å². The molecule has 0 fully saturated rings. The van der Waals surface area contributed by atoms with Crippen molar-refractivity contribution in [2.24, 2.45) is 0 Å². The van der Waals surface area contributed by atoms with E-state index in [0.717, 1.165) is 0 Å². The number of nitrogens with zero attached hydrogens (tertiary/aromatic N) is 1. The number of methoxy groups -OCH3 is 1. The molecule has 0 atom stereocenters. The van der Waals surface area contributed by atoms with Gasteiger partial charge in [-0.25, -0.2) is 0 Å². The number of amides is 2. The number of nitrogens with one attached hydrogen (secondary N) is 1. The standard InChI is InChI=1S/C16H22N2O4/c1-4-18(5-2)16(21)12-6-8-13(9-7-12)17-14(19)10-11-15(20)22-3/h6-9H,4-5,10-11H2,1-3H3,(H,17,19). The molecule has 6 heteroatoms. The molecule has 0 saturated carbocycles. The summed E-state index contributed by atoms with van der Waals surface area (Å²) in [5.74, 6) is -0.725. The fraction of sp³-hybridized carbons (Fsp3) is 0.438. The second kappa shape index (κ2) is 8.81. The summed E-state index contributed by atoms with van der Waals surface area (Å²) in [4.78, 5) is 36.5. The number of benzene rings is 1. The molecule has 22 heavy (non-hydrogen) atoms. The molecule has 0 spiro atoms. The van der Waals surface area contributed by atoms with Crippen LogP contribution in [0.4, 0.5) is 5.69 Å². The second-order valence-corrected chi connectivity index (χ2v) is 4.68. The van der Waals surface area contributed by atoms with Crippen LogP contribution < -0.4 is 5.32 Å². The lowest BCUT2D eigenvalue weighted by Crippen LogP contribution is -2.30. The van der Waals surface area contributed by atoms with E-state index in [1.54, 1.807) is 29.2 Å². The Labute approximate surface area is 130 Å². The SMILES string of the molecule is CCN(CC)C(=O)c1ccc(NC(=O)CCC(=O)OC)cc1. The number of esters is 1. The van der Waals surface area contributed by atoms with Gasteiger partial charge in [0.25, 0.3) is 5.91 Å². The molecule has 120 valence electrons. The van der Waals surface area contributed by atoms with E-state index in [1.165, 1.54) is 7.11 Å². The van der Waals surface area contributed by atoms with Gasteiger partial charge in [0.15, 0.2) is 0 Å². The molecule has 0 heterocycles. The van der Waals surface area contributed by atoms with Crippen LogP contribution in [0.1, 0.15) is 37.0 Å². The topological polar surface area (TPSA) is 75.7 Å². The van der Waals surface area contributed by atoms with Crippen molar-refractivity contribution < 1.29 is 19.1 Å². The lowest BCUT2D eigenvalue weighted by Gasteiger charge is -2.18. The highest BCUT2D eigenvalue weighted by Crippen LogP contribution is 2.12. The summed E-state index contributed by atoms with van der Waals surface area (Å²) in [7, 11) is 1.28. The molecule has 0 bridgehead atoms. The van der Waals surface area contributed by atoms with Crippen LogP contribution in [0.5, 0.6) is 0 Å². The number of anilines is 1. The third kappa shape index (κ3) is 5.20. The van der Waals surface area contributed by atoms with Gasteiger partial charge in [0.1, 0.15) is 0 Å². The lowest BCUT2D eigenvalue weighted by molar-refractivity contribution is -0.141. The molecule has 2 amide bonds. The summed E-state index contributed by atoms with van der Waals surface area (Å²) in [5.41, 5.74) is 1.17. The fourth-order valence-electron chi connectivity index (χ4n) is 1.93. The predicted molar refractivity (Wildman–Crippen MR) is 83.6 cm³/mol. The summed E-state index contributed by atoms with van der Waals surface area (Å²) >= 11 is 0. The molecule has 0 saturated heterocycles. The molecule has 0 aliphatic rings. The molecule has 0 aliphatic heterocycles. The van der Waals surface area contributed by atoms with Gasteiger partial charge in [-0.2, -0.15) is 0 Å². The number of carbonyl (C=O) groups excluding carboxylic acids is 3. The quantitative estimate of drug-likeness (QED) is 0.782. The Hall–Kier alpha value is -2.37. The van der Waals surface area contributed by atoms with E-state index in [-0.39, 0.29) is 24.7 Å². The Morgan fingerprint density at radius 3 is 2.14 bits per heavy atom. The van der Waals surface area contributed by atoms with Gasteiger partial charge in [-0.1, -0.05) is 0 Å². The molecular weight excluding hydrogens is 284 g/mol. The minimum Gasteiger partial charge on any atom is -0.469 e. The highest BCUT2D eigenvalue weighted by molar-refractivity contribution is 5.96. The van der Waals surface area contributed by atoms with Gasteiger partial charge in [-0.3, -0.25) is 14.4 Å². The molecule has 0 aliphatic carbocycles. The Bertz CT molecular complexity index is 521. The van der Waals surface area contributed by atoms with Gasteiger partial charge in [0, 0.05) is 30.8 Å². The first-order chi connectivity index (χ1) is 10.5. The van der Waals surface area contributed by atoms with Gasteiger partial charge < -0.3 is 15.0 Å². The molecule has 0 unspecified atom stereocenters. The average Bonchev–Trinajstić information content (AvgIpc) is 2.54. The number of hydrogen-bond acceptors (Lipinski definition) is 4. The predicted octanol–water partition coefficient (Wildman–Crippen LogP) is 2.06. The Morgan fingerprint density at radius 1 is 1.05 bits per heavy atom. The lowest BCUT2D eigenvalue weighted by atomic mass is 10.1. The number of carbonyl (C=O) groups is 3. The molecule has 6 nitrogen and oxygen atoms in total. The summed E-state index contributed by atoms with van der Waals surface area (Å²) in [5, 5.41) is 2.67. The average molecular weight is 306 g/mol. The maximum absolute atomic E-state index is 12.1. The van der Waals surface area contributed by atoms with Gasteiger partial charge in [-0.15, -0.1) is 0 Å². The number of ether oxygens (including phenoxy) is 1. The summed E-state index contributed by atoms with van der Waals surface area (Å²) in [6.45, 7) is 5.16. The van der Waals surface area contributed by atoms with Crippen molar-refractivity contribution in [1.82, 2.24) is 4.90 Å². The minimum atomic E-state index is -0.421. The summed E-state index contributed by atoms with van der Waals surface area (Å²) in [6, 6.07) is 6.70. The van der Waals surface area contributed by atoms with Crippen molar-refractivity contribution in [1.29, 1.82) is 0 Å². The molecule has 1 aromatic carbocycles. The zero-order valence-electron chi connectivity index (χ0n) is 13.2. The van der Waals surface area contributed by atoms with Crippen LogP contribution in [-0.4, -0.2) is 42.9 Å². The van der Waals surface area contributed by atoms with E-state index in [4.69, 9.17) is 0 Å². The van der Waals surface area contributed by atoms with Crippen molar-refractivity contribution >= 4 is 23.5 Å². The van der Waals surface area contributed by atoms with Crippen molar-refractivity contribution in [3.8, 4) is 0 Å². The van der Waals surface area contributed by atoms with Crippen LogP contribution in [0, 0.1) is 0 Å². The normalized spacial score (nSPS) is 9.95. The van der Waals surface area contributed by atoms with E-state index in [1.807, 2.05) is 13.8 Å². The van der Waals surface area contributed by atoms with E-state index >= 15 is 0 Å². The van der Waals surface area contributed by atoms with Gasteiger partial charge in [0.2, 0.25) is 5.91 Å². The Balaban J connectivity index is 2.59. The summed E-state index contributed by atoms with van der Waals surface area (Å²) < 4.78 is 4.48. The molecule has 1 N–H and O–H groups in total. The van der Waals surface area contributed by atoms with Crippen LogP contribution in [-0.2, 0) is 14.3 Å². The van der Waals surface area contributed by atoms with E-state index in [0.29, 0.717) is 24.3 Å². The van der Waals surface area contributed by atoms with Crippen molar-refractivity contribution in [2.45, 2.75) is 26.7 Å². The smallest absolute Gasteiger partial charge is 0.306 e. The highest BCUT2D eigenvalue weighted by Gasteiger charge is 2.12. The van der Waals surface area contributed by atoms with E-state index in [2.05, 4.69) is 10.1 Å². The number of hydrogen-bond donors (Lipinski definition) is 1. The van der Waals surface area contributed by atoms with Crippen molar-refractivity contribution in [3.63, 3.8) is 0 Å². The Morgan fingerprint density at radius 2 is 1.64 bits per heavy atom. The second-order valence-electron chi connectivity index (χ2n) is 4.68. The van der Waals surface area contributed by atoms with Crippen molar-refractivity contribution in [2.75, 3.05) is 25.5 Å². The van der Waals surface area contributed by atoms with Crippen LogP contribution in [0.2, 0.25) is 0 Å². The largest absolute Gasteiger partial charge is 0.469 e. The third-order valence-corrected chi connectivity index (χ3v) is 3.25. The van der Waals surface area contributed by atoms with Crippen LogP contribution in [0.3, 0.4) is 0 Å². The van der Waals surface area contributed by atoms with Gasteiger partial charge >= 0.3 is 5.97 Å². The van der Waals surface area contributed by atoms with E-state index in [9.17, 15) is 14.4 Å². The molecular formula is C16H22N2O4. The molecule has 1 rings (SSSR count). The maximum Gasteiger partial charge on any atom is 0.306 e. The third-order valence-electron chi connectivity index (χ3n) is 3.25. The van der Waals surface area contributed by atoms with Gasteiger partial charge in [-0.05, 0) is 38.1 Å². The zero-order chi connectivity index (χ0) is 16.5. The van der Waals surface area contributed by atoms with Crippen LogP contribution >= 0.6 is 0 Å². The zero-order valence-corrected chi connectivity index (χ0v) is 13.2. The van der Waals surface area contributed by atoms with Crippen LogP contribution in [0.15, 0.2) is 24.3 Å². The minimum absolute atomic E-state index is 0.0337. The maximum atomic E-state index is 12.1. The fourth-order valence-corrected chi connectivity index (χ4v) is 1.93. The van der Waals surface area contributed by atoms with Gasteiger partial charge in [0.05, 0.1) is 13.5 Å². The Kier molecular flexibility index (Phi) is 7.08. The first-order valence-electron chi connectivity index (χ1n) is 7.27. The monoisotopic (exact) mass is 306 g/mol. The first-order valence-corrected chi connectivity index (χ1v) is 7.27. The van der Waals surface area contributed by atoms with Crippen LogP contribution in [0.25, 0.3) is 0 Å². The first kappa shape index (κ1) is 17.7. The summed E-state index contributed by atoms with van der Waals surface area (Å²) in [6.07, 6.45) is 0.105. The molecule has 0 radical (unpaired) electrons. The molecule has 0 aromatic heterocycles.